The van der Waals surface area contributed by atoms with Crippen LogP contribution in [0.1, 0.15) is 35.1 Å². The largest absolute Gasteiger partial charge is 0.494 e. The summed E-state index contributed by atoms with van der Waals surface area (Å²) in [7, 11) is 2.77. The summed E-state index contributed by atoms with van der Waals surface area (Å²) in [5.41, 5.74) is 2.28. The second kappa shape index (κ2) is 11.5. The van der Waals surface area contributed by atoms with Crippen LogP contribution in [0.15, 0.2) is 60.7 Å². The first-order valence-electron chi connectivity index (χ1n) is 11.5. The summed E-state index contributed by atoms with van der Waals surface area (Å²) in [5.74, 6) is -3.51. The molecule has 0 aliphatic carbocycles. The van der Waals surface area contributed by atoms with Crippen molar-refractivity contribution >= 4 is 17.9 Å². The number of rotatable bonds is 9. The first kappa shape index (κ1) is 26.2. The van der Waals surface area contributed by atoms with Crippen molar-refractivity contribution in [3.8, 4) is 5.75 Å². The van der Waals surface area contributed by atoms with E-state index in [2.05, 4.69) is 0 Å². The average molecular weight is 517 g/mol. The van der Waals surface area contributed by atoms with Crippen LogP contribution in [-0.2, 0) is 37.8 Å². The van der Waals surface area contributed by atoms with Crippen molar-refractivity contribution in [2.45, 2.75) is 43.9 Å². The van der Waals surface area contributed by atoms with Crippen LogP contribution in [0.2, 0.25) is 5.02 Å². The molecule has 1 aliphatic heterocycles. The number of carbonyl (C=O) groups is 1. The van der Waals surface area contributed by atoms with E-state index in [0.717, 1.165) is 11.8 Å². The van der Waals surface area contributed by atoms with Gasteiger partial charge in [-0.15, -0.1) is 0 Å². The topological polar surface area (TPSA) is 54.0 Å². The lowest BCUT2D eigenvalue weighted by Gasteiger charge is -2.42. The summed E-state index contributed by atoms with van der Waals surface area (Å²) in [6.07, 6.45) is 0.418. The molecule has 0 aromatic heterocycles. The number of benzene rings is 3. The van der Waals surface area contributed by atoms with Crippen molar-refractivity contribution in [2.75, 3.05) is 14.2 Å². The third-order valence-corrected chi connectivity index (χ3v) is 6.73. The lowest BCUT2D eigenvalue weighted by Crippen LogP contribution is -2.46. The van der Waals surface area contributed by atoms with Crippen molar-refractivity contribution in [3.63, 3.8) is 0 Å². The molecule has 1 fully saturated rings. The van der Waals surface area contributed by atoms with E-state index >= 15 is 0 Å². The highest BCUT2D eigenvalue weighted by Crippen LogP contribution is 2.41. The molecule has 8 heteroatoms. The van der Waals surface area contributed by atoms with Gasteiger partial charge < -0.3 is 23.7 Å². The predicted octanol–water partition coefficient (Wildman–Crippen LogP) is 5.98. The standard InChI is InChI=1S/C28H27ClF2O5/c1-33-25-11-8-19(26(30)27(25)31)12-20-13-21(9-10-24(20)29)28(34-2)15-22(14-23(16-32)36-28)35-17-18-6-4-3-5-7-18/h3-11,13,16,22-23H,12,14-15,17H2,1-2H3/t22?,23?,28-/m1/s1. The maximum absolute atomic E-state index is 14.6. The first-order chi connectivity index (χ1) is 17.4. The van der Waals surface area contributed by atoms with Crippen molar-refractivity contribution in [1.29, 1.82) is 0 Å². The summed E-state index contributed by atoms with van der Waals surface area (Å²) in [4.78, 5) is 11.8. The lowest BCUT2D eigenvalue weighted by atomic mass is 9.90. The second-order valence-corrected chi connectivity index (χ2v) is 9.05. The fraction of sp³-hybridized carbons (Fsp3) is 0.321. The first-order valence-corrected chi connectivity index (χ1v) is 11.9. The molecule has 3 aromatic carbocycles. The van der Waals surface area contributed by atoms with Gasteiger partial charge in [0.05, 0.1) is 19.8 Å². The molecule has 1 saturated heterocycles. The summed E-state index contributed by atoms with van der Waals surface area (Å²) in [6, 6.07) is 17.7. The zero-order valence-electron chi connectivity index (χ0n) is 20.0. The molecular formula is C28H27ClF2O5. The molecule has 0 saturated carbocycles. The molecule has 5 nitrogen and oxygen atoms in total. The minimum absolute atomic E-state index is 0.0320. The number of aldehydes is 1. The second-order valence-electron chi connectivity index (χ2n) is 8.65. The van der Waals surface area contributed by atoms with Gasteiger partial charge in [-0.3, -0.25) is 0 Å². The molecule has 4 rings (SSSR count). The molecule has 3 atom stereocenters. The van der Waals surface area contributed by atoms with Crippen LogP contribution in [-0.4, -0.2) is 32.7 Å². The van der Waals surface area contributed by atoms with Gasteiger partial charge in [-0.05, 0) is 34.9 Å². The van der Waals surface area contributed by atoms with Gasteiger partial charge in [0.2, 0.25) is 5.82 Å². The third-order valence-electron chi connectivity index (χ3n) is 6.36. The Hall–Kier alpha value is -2.84. The van der Waals surface area contributed by atoms with Crippen LogP contribution in [0.3, 0.4) is 0 Å². The minimum Gasteiger partial charge on any atom is -0.494 e. The number of hydrogen-bond donors (Lipinski definition) is 0. The summed E-state index contributed by atoms with van der Waals surface area (Å²) in [5, 5.41) is 0.375. The van der Waals surface area contributed by atoms with Crippen molar-refractivity contribution in [2.24, 2.45) is 0 Å². The average Bonchev–Trinajstić information content (AvgIpc) is 2.91. The summed E-state index contributed by atoms with van der Waals surface area (Å²) in [6.45, 7) is 0.380. The predicted molar refractivity (Wildman–Crippen MR) is 131 cm³/mol. The lowest BCUT2D eigenvalue weighted by molar-refractivity contribution is -0.291. The number of methoxy groups -OCH3 is 2. The molecule has 0 bridgehead atoms. The fourth-order valence-corrected chi connectivity index (χ4v) is 4.62. The van der Waals surface area contributed by atoms with E-state index in [0.29, 0.717) is 35.6 Å². The highest BCUT2D eigenvalue weighted by atomic mass is 35.5. The third kappa shape index (κ3) is 5.60. The molecule has 1 heterocycles. The maximum Gasteiger partial charge on any atom is 0.200 e. The molecule has 0 N–H and O–H groups in total. The molecule has 36 heavy (non-hydrogen) atoms. The van der Waals surface area contributed by atoms with Gasteiger partial charge in [0.15, 0.2) is 17.4 Å². The van der Waals surface area contributed by atoms with Crippen LogP contribution in [0, 0.1) is 11.6 Å². The molecule has 3 aromatic rings. The fourth-order valence-electron chi connectivity index (χ4n) is 4.43. The van der Waals surface area contributed by atoms with Gasteiger partial charge in [0, 0.05) is 37.0 Å². The van der Waals surface area contributed by atoms with E-state index in [4.69, 9.17) is 30.5 Å². The van der Waals surface area contributed by atoms with E-state index in [1.807, 2.05) is 30.3 Å². The van der Waals surface area contributed by atoms with E-state index in [-0.39, 0.29) is 23.8 Å². The zero-order valence-corrected chi connectivity index (χ0v) is 20.8. The molecule has 0 radical (unpaired) electrons. The summed E-state index contributed by atoms with van der Waals surface area (Å²) >= 11 is 6.42. The molecular weight excluding hydrogens is 490 g/mol. The maximum atomic E-state index is 14.6. The van der Waals surface area contributed by atoms with E-state index < -0.39 is 23.5 Å². The van der Waals surface area contributed by atoms with Gasteiger partial charge in [-0.25, -0.2) is 4.39 Å². The molecule has 0 spiro atoms. The number of halogens is 3. The van der Waals surface area contributed by atoms with Crippen LogP contribution in [0.5, 0.6) is 5.75 Å². The Bertz CT molecular complexity index is 1210. The number of hydrogen-bond acceptors (Lipinski definition) is 5. The van der Waals surface area contributed by atoms with Crippen LogP contribution >= 0.6 is 11.6 Å². The van der Waals surface area contributed by atoms with Gasteiger partial charge in [-0.2, -0.15) is 4.39 Å². The van der Waals surface area contributed by atoms with E-state index in [9.17, 15) is 13.6 Å². The van der Waals surface area contributed by atoms with Crippen LogP contribution in [0.25, 0.3) is 0 Å². The Kier molecular flexibility index (Phi) is 8.36. The molecule has 1 aliphatic rings. The Morgan fingerprint density at radius 3 is 2.53 bits per heavy atom. The monoisotopic (exact) mass is 516 g/mol. The van der Waals surface area contributed by atoms with E-state index in [1.165, 1.54) is 26.4 Å². The molecule has 2 unspecified atom stereocenters. The SMILES string of the molecule is COc1ccc(Cc2cc([C@@]3(OC)CC(OCc4ccccc4)CC(C=O)O3)ccc2Cl)c(F)c1F. The Labute approximate surface area is 213 Å². The zero-order chi connectivity index (χ0) is 25.7. The molecule has 0 amide bonds. The van der Waals surface area contributed by atoms with Gasteiger partial charge in [-0.1, -0.05) is 54.1 Å². The minimum atomic E-state index is -1.28. The molecule has 190 valence electrons. The Morgan fingerprint density at radius 1 is 1.06 bits per heavy atom. The number of carbonyl (C=O) groups excluding carboxylic acids is 1. The van der Waals surface area contributed by atoms with Crippen molar-refractivity contribution in [3.05, 3.63) is 99.6 Å². The summed E-state index contributed by atoms with van der Waals surface area (Å²) < 4.78 is 51.8. The van der Waals surface area contributed by atoms with Gasteiger partial charge >= 0.3 is 0 Å². The number of ether oxygens (including phenoxy) is 4. The highest BCUT2D eigenvalue weighted by Gasteiger charge is 2.44. The van der Waals surface area contributed by atoms with Crippen LogP contribution in [0.4, 0.5) is 8.78 Å². The van der Waals surface area contributed by atoms with Crippen LogP contribution < -0.4 is 4.74 Å². The van der Waals surface area contributed by atoms with Gasteiger partial charge in [0.1, 0.15) is 12.4 Å². The van der Waals surface area contributed by atoms with Gasteiger partial charge in [0.25, 0.3) is 0 Å². The Morgan fingerprint density at radius 2 is 1.83 bits per heavy atom. The Balaban J connectivity index is 1.61. The quantitative estimate of drug-likeness (QED) is 0.327. The highest BCUT2D eigenvalue weighted by molar-refractivity contribution is 6.31. The van der Waals surface area contributed by atoms with Crippen molar-refractivity contribution in [1.82, 2.24) is 0 Å². The smallest absolute Gasteiger partial charge is 0.200 e. The van der Waals surface area contributed by atoms with E-state index in [1.54, 1.807) is 18.2 Å². The normalized spacial score (nSPS) is 21.8. The van der Waals surface area contributed by atoms with Crippen molar-refractivity contribution < 1.29 is 32.5 Å².